The van der Waals surface area contributed by atoms with Crippen molar-refractivity contribution in [3.8, 4) is 0 Å². The molecule has 2 N–H and O–H groups in total. The highest BCUT2D eigenvalue weighted by molar-refractivity contribution is 7.89. The van der Waals surface area contributed by atoms with E-state index in [1.165, 1.54) is 34.4 Å². The average molecular weight is 459 g/mol. The Morgan fingerprint density at radius 3 is 1.97 bits per heavy atom. The van der Waals surface area contributed by atoms with Crippen LogP contribution < -0.4 is 10.0 Å². The third kappa shape index (κ3) is 3.67. The summed E-state index contributed by atoms with van der Waals surface area (Å²) in [5, 5.41) is 3.11. The number of fused-ring (bicyclic) bond motifs is 1. The third-order valence-electron chi connectivity index (χ3n) is 7.27. The van der Waals surface area contributed by atoms with Gasteiger partial charge >= 0.3 is 0 Å². The molecule has 1 unspecified atom stereocenters. The van der Waals surface area contributed by atoms with Crippen molar-refractivity contribution in [2.45, 2.75) is 42.0 Å². The van der Waals surface area contributed by atoms with Gasteiger partial charge in [-0.1, -0.05) is 48.5 Å². The molecular formula is C27H26N2O3S. The van der Waals surface area contributed by atoms with Gasteiger partial charge in [0.2, 0.25) is 10.0 Å². The van der Waals surface area contributed by atoms with Gasteiger partial charge in [0.25, 0.3) is 5.91 Å². The molecule has 0 aliphatic heterocycles. The summed E-state index contributed by atoms with van der Waals surface area (Å²) in [4.78, 5) is 13.1. The van der Waals surface area contributed by atoms with Crippen LogP contribution >= 0.6 is 0 Å². The molecule has 1 amide bonds. The molecule has 33 heavy (non-hydrogen) atoms. The number of amides is 1. The average Bonchev–Trinajstić information content (AvgIpc) is 3.66. The first-order chi connectivity index (χ1) is 16.0. The summed E-state index contributed by atoms with van der Waals surface area (Å²) in [6.07, 6.45) is 2.79. The highest BCUT2D eigenvalue weighted by Gasteiger charge is 2.42. The Balaban J connectivity index is 1.18. The van der Waals surface area contributed by atoms with E-state index < -0.39 is 10.0 Å². The molecule has 0 saturated heterocycles. The van der Waals surface area contributed by atoms with E-state index in [9.17, 15) is 13.2 Å². The van der Waals surface area contributed by atoms with Crippen molar-refractivity contribution >= 4 is 15.9 Å². The molecule has 0 aromatic heterocycles. The molecule has 3 aromatic carbocycles. The molecule has 0 radical (unpaired) electrons. The van der Waals surface area contributed by atoms with Crippen molar-refractivity contribution in [3.05, 3.63) is 101 Å². The Kier molecular flexibility index (Phi) is 4.89. The van der Waals surface area contributed by atoms with Gasteiger partial charge in [0.05, 0.1) is 4.90 Å². The number of hydrogen-bond donors (Lipinski definition) is 2. The van der Waals surface area contributed by atoms with Gasteiger partial charge in [-0.05, 0) is 71.7 Å². The lowest BCUT2D eigenvalue weighted by Crippen LogP contribution is -2.39. The van der Waals surface area contributed by atoms with Gasteiger partial charge in [0.15, 0.2) is 0 Å². The van der Waals surface area contributed by atoms with Crippen molar-refractivity contribution in [3.63, 3.8) is 0 Å². The van der Waals surface area contributed by atoms with Gasteiger partial charge in [-0.3, -0.25) is 4.79 Å². The summed E-state index contributed by atoms with van der Waals surface area (Å²) >= 11 is 0. The van der Waals surface area contributed by atoms with Crippen molar-refractivity contribution in [2.24, 2.45) is 5.92 Å². The normalized spacial score (nSPS) is 23.0. The smallest absolute Gasteiger partial charge is 0.251 e. The fraction of sp³-hybridized carbons (Fsp3) is 0.296. The molecule has 168 valence electrons. The number of carbonyl (C=O) groups excluding carboxylic acids is 1. The number of sulfonamides is 1. The Hall–Kier alpha value is -2.96. The summed E-state index contributed by atoms with van der Waals surface area (Å²) in [5.41, 5.74) is 6.07. The molecule has 1 fully saturated rings. The molecule has 2 bridgehead atoms. The Morgan fingerprint density at radius 1 is 0.818 bits per heavy atom. The maximum absolute atomic E-state index is 12.9. The predicted octanol–water partition coefficient (Wildman–Crippen LogP) is 4.15. The highest BCUT2D eigenvalue weighted by Crippen LogP contribution is 2.55. The van der Waals surface area contributed by atoms with Crippen LogP contribution in [0.25, 0.3) is 0 Å². The van der Waals surface area contributed by atoms with E-state index in [0.717, 1.165) is 19.3 Å². The Morgan fingerprint density at radius 2 is 1.39 bits per heavy atom. The maximum atomic E-state index is 12.9. The summed E-state index contributed by atoms with van der Waals surface area (Å²) < 4.78 is 27.4. The third-order valence-corrected chi connectivity index (χ3v) is 8.81. The van der Waals surface area contributed by atoms with E-state index in [4.69, 9.17) is 0 Å². The first-order valence-corrected chi connectivity index (χ1v) is 13.1. The standard InChI is InChI=1S/C27H26N2O3S/c30-27(17-9-13-20(14-10-17)33(31,32)29-19-11-12-19)28-16-18-15-25-21-5-1-3-7-23(21)26(18)24-8-4-2-6-22(24)25/h1-10,13-14,18-19,25-26,29H,11-12,15-16H2,(H,28,30). The van der Waals surface area contributed by atoms with E-state index in [-0.39, 0.29) is 22.8 Å². The zero-order valence-corrected chi connectivity index (χ0v) is 19.0. The minimum absolute atomic E-state index is 0.0547. The van der Waals surface area contributed by atoms with Crippen LogP contribution in [0.1, 0.15) is 63.7 Å². The SMILES string of the molecule is O=C(NCC1CC2c3ccccc3C1c1ccccc12)c1ccc(S(=O)(=O)NC2CC2)cc1. The van der Waals surface area contributed by atoms with E-state index in [1.807, 2.05) is 0 Å². The second kappa shape index (κ2) is 7.82. The topological polar surface area (TPSA) is 75.3 Å². The molecule has 3 aromatic rings. The predicted molar refractivity (Wildman–Crippen MR) is 127 cm³/mol. The van der Waals surface area contributed by atoms with Gasteiger partial charge in [-0.15, -0.1) is 0 Å². The molecular weight excluding hydrogens is 432 g/mol. The van der Waals surface area contributed by atoms with Crippen molar-refractivity contribution in [1.29, 1.82) is 0 Å². The summed E-state index contributed by atoms with van der Waals surface area (Å²) in [6.45, 7) is 0.589. The lowest BCUT2D eigenvalue weighted by atomic mass is 9.59. The zero-order valence-electron chi connectivity index (χ0n) is 18.2. The van der Waals surface area contributed by atoms with Gasteiger partial charge < -0.3 is 5.32 Å². The first-order valence-electron chi connectivity index (χ1n) is 11.6. The number of carbonyl (C=O) groups is 1. The molecule has 1 saturated carbocycles. The molecule has 0 spiro atoms. The fourth-order valence-corrected chi connectivity index (χ4v) is 6.86. The zero-order chi connectivity index (χ0) is 22.6. The van der Waals surface area contributed by atoms with Crippen LogP contribution in [0.2, 0.25) is 0 Å². The fourth-order valence-electron chi connectivity index (χ4n) is 5.56. The van der Waals surface area contributed by atoms with Crippen LogP contribution in [-0.4, -0.2) is 26.9 Å². The number of rotatable bonds is 6. The van der Waals surface area contributed by atoms with E-state index in [0.29, 0.717) is 23.9 Å². The minimum Gasteiger partial charge on any atom is -0.352 e. The Labute approximate surface area is 194 Å². The minimum atomic E-state index is -3.51. The van der Waals surface area contributed by atoms with Crippen LogP contribution in [0.15, 0.2) is 77.7 Å². The van der Waals surface area contributed by atoms with Crippen LogP contribution in [-0.2, 0) is 10.0 Å². The monoisotopic (exact) mass is 458 g/mol. The second-order valence-corrected chi connectivity index (χ2v) is 11.1. The Bertz CT molecular complexity index is 1280. The van der Waals surface area contributed by atoms with Gasteiger partial charge in [-0.25, -0.2) is 13.1 Å². The maximum Gasteiger partial charge on any atom is 0.251 e. The summed E-state index contributed by atoms with van der Waals surface area (Å²) in [7, 11) is -3.51. The van der Waals surface area contributed by atoms with Gasteiger partial charge in [0, 0.05) is 30.0 Å². The van der Waals surface area contributed by atoms with Gasteiger partial charge in [-0.2, -0.15) is 0 Å². The number of nitrogens with one attached hydrogen (secondary N) is 2. The molecule has 4 aliphatic carbocycles. The second-order valence-electron chi connectivity index (χ2n) is 9.41. The molecule has 7 rings (SSSR count). The van der Waals surface area contributed by atoms with Gasteiger partial charge in [0.1, 0.15) is 0 Å². The highest BCUT2D eigenvalue weighted by atomic mass is 32.2. The molecule has 6 heteroatoms. The molecule has 5 nitrogen and oxygen atoms in total. The quantitative estimate of drug-likeness (QED) is 0.583. The van der Waals surface area contributed by atoms with E-state index in [2.05, 4.69) is 58.6 Å². The van der Waals surface area contributed by atoms with Crippen LogP contribution in [0.5, 0.6) is 0 Å². The molecule has 4 aliphatic rings. The lowest BCUT2D eigenvalue weighted by molar-refractivity contribution is 0.0943. The summed E-state index contributed by atoms with van der Waals surface area (Å²) in [6, 6.07) is 23.6. The van der Waals surface area contributed by atoms with Crippen molar-refractivity contribution in [2.75, 3.05) is 6.54 Å². The lowest BCUT2D eigenvalue weighted by Gasteiger charge is -2.45. The first kappa shape index (κ1) is 20.6. The number of benzene rings is 3. The largest absolute Gasteiger partial charge is 0.352 e. The molecule has 1 atom stereocenters. The van der Waals surface area contributed by atoms with Crippen LogP contribution in [0.3, 0.4) is 0 Å². The molecule has 0 heterocycles. The van der Waals surface area contributed by atoms with Crippen molar-refractivity contribution < 1.29 is 13.2 Å². The summed E-state index contributed by atoms with van der Waals surface area (Å²) in [5.74, 6) is 0.805. The van der Waals surface area contributed by atoms with E-state index >= 15 is 0 Å². The number of hydrogen-bond acceptors (Lipinski definition) is 3. The van der Waals surface area contributed by atoms with Crippen LogP contribution in [0, 0.1) is 5.92 Å². The van der Waals surface area contributed by atoms with Crippen molar-refractivity contribution in [1.82, 2.24) is 10.0 Å². The van der Waals surface area contributed by atoms with Crippen LogP contribution in [0.4, 0.5) is 0 Å². The van der Waals surface area contributed by atoms with E-state index in [1.54, 1.807) is 12.1 Å².